The Balaban J connectivity index is 1.48. The van der Waals surface area contributed by atoms with Gasteiger partial charge in [-0.2, -0.15) is 13.2 Å². The Bertz CT molecular complexity index is 1520. The smallest absolute Gasteiger partial charge is 0.416 e. The summed E-state index contributed by atoms with van der Waals surface area (Å²) in [6.07, 6.45) is -5.47. The molecule has 244 valence electrons. The van der Waals surface area contributed by atoms with Crippen LogP contribution in [0.2, 0.25) is 0 Å². The van der Waals surface area contributed by atoms with Crippen molar-refractivity contribution >= 4 is 17.9 Å². The number of piperazine rings is 1. The summed E-state index contributed by atoms with van der Waals surface area (Å²) in [6.45, 7) is -1.11. The van der Waals surface area contributed by atoms with Crippen molar-refractivity contribution in [3.63, 3.8) is 0 Å². The molecular formula is C34H36F4N4O4. The van der Waals surface area contributed by atoms with Gasteiger partial charge in [0.05, 0.1) is 12.1 Å². The topological polar surface area (TPSA) is 96.2 Å². The molecule has 2 aliphatic rings. The number of nitrogens with two attached hydrogens (primary N) is 1. The standard InChI is InChI=1S/C34H36F4N4O4/c35-19-25-14-26(16-27(15-25)34(36,37)38)22-46-33(45)41-28(17-23-8-3-1-4-9-23)18-31(43)42-29(12-7-13-39)32(44)40(21-30(41)42)20-24-10-5-2-6-11-24/h1-6,8-11,14-16,28-30H,7,12-13,17-22,39H2/t28?,29-,30?/m0/s1. The highest BCUT2D eigenvalue weighted by atomic mass is 19.4. The van der Waals surface area contributed by atoms with Crippen LogP contribution in [-0.2, 0) is 46.7 Å². The summed E-state index contributed by atoms with van der Waals surface area (Å²) in [5.41, 5.74) is 6.25. The van der Waals surface area contributed by atoms with E-state index in [0.717, 1.165) is 23.3 Å². The van der Waals surface area contributed by atoms with Crippen LogP contribution in [0.1, 0.15) is 47.1 Å². The molecule has 5 rings (SSSR count). The predicted octanol–water partition coefficient (Wildman–Crippen LogP) is 5.43. The van der Waals surface area contributed by atoms with Gasteiger partial charge in [0.15, 0.2) is 0 Å². The van der Waals surface area contributed by atoms with Gasteiger partial charge in [-0.05, 0) is 66.3 Å². The second-order valence-corrected chi connectivity index (χ2v) is 11.6. The second kappa shape index (κ2) is 14.3. The maximum Gasteiger partial charge on any atom is 0.416 e. The zero-order chi connectivity index (χ0) is 32.8. The molecule has 2 N–H and O–H groups in total. The average molecular weight is 641 g/mol. The van der Waals surface area contributed by atoms with Crippen molar-refractivity contribution in [2.24, 2.45) is 5.73 Å². The van der Waals surface area contributed by atoms with Gasteiger partial charge in [-0.25, -0.2) is 9.18 Å². The van der Waals surface area contributed by atoms with E-state index in [4.69, 9.17) is 10.5 Å². The van der Waals surface area contributed by atoms with Crippen molar-refractivity contribution in [1.29, 1.82) is 0 Å². The summed E-state index contributed by atoms with van der Waals surface area (Å²) in [5.74, 6) is -0.533. The van der Waals surface area contributed by atoms with E-state index in [0.29, 0.717) is 25.8 Å². The third kappa shape index (κ3) is 7.50. The Morgan fingerprint density at radius 3 is 2.20 bits per heavy atom. The first kappa shape index (κ1) is 32.9. The number of ether oxygens (including phenoxy) is 1. The lowest BCUT2D eigenvalue weighted by Crippen LogP contribution is -2.73. The molecule has 0 bridgehead atoms. The van der Waals surface area contributed by atoms with Gasteiger partial charge in [0.25, 0.3) is 0 Å². The molecule has 2 unspecified atom stereocenters. The molecule has 0 aliphatic carbocycles. The van der Waals surface area contributed by atoms with E-state index < -0.39 is 49.4 Å². The van der Waals surface area contributed by atoms with Crippen LogP contribution in [0.4, 0.5) is 22.4 Å². The highest BCUT2D eigenvalue weighted by Crippen LogP contribution is 2.34. The minimum atomic E-state index is -4.71. The molecule has 46 heavy (non-hydrogen) atoms. The molecule has 3 atom stereocenters. The fourth-order valence-corrected chi connectivity index (χ4v) is 6.28. The maximum atomic E-state index is 14.0. The van der Waals surface area contributed by atoms with Crippen molar-refractivity contribution in [3.05, 3.63) is 107 Å². The first-order chi connectivity index (χ1) is 22.1. The molecule has 12 heteroatoms. The summed E-state index contributed by atoms with van der Waals surface area (Å²) >= 11 is 0. The molecule has 2 fully saturated rings. The molecule has 0 saturated carbocycles. The Morgan fingerprint density at radius 1 is 0.913 bits per heavy atom. The first-order valence-corrected chi connectivity index (χ1v) is 15.2. The zero-order valence-electron chi connectivity index (χ0n) is 25.2. The monoisotopic (exact) mass is 640 g/mol. The number of benzene rings is 3. The van der Waals surface area contributed by atoms with Crippen molar-refractivity contribution in [2.45, 2.75) is 69.9 Å². The van der Waals surface area contributed by atoms with Gasteiger partial charge in [-0.3, -0.25) is 14.5 Å². The number of hydrogen-bond acceptors (Lipinski definition) is 5. The highest BCUT2D eigenvalue weighted by Gasteiger charge is 2.52. The number of rotatable bonds is 10. The number of halogens is 4. The quantitative estimate of drug-likeness (QED) is 0.298. The Hall–Kier alpha value is -4.45. The lowest BCUT2D eigenvalue weighted by atomic mass is 9.93. The maximum absolute atomic E-state index is 14.0. The molecule has 2 saturated heterocycles. The molecule has 0 spiro atoms. The van der Waals surface area contributed by atoms with E-state index in [1.165, 1.54) is 15.9 Å². The molecule has 0 aromatic heterocycles. The van der Waals surface area contributed by atoms with Gasteiger partial charge in [-0.15, -0.1) is 0 Å². The molecule has 3 aromatic carbocycles. The second-order valence-electron chi connectivity index (χ2n) is 11.6. The fraction of sp³-hybridized carbons (Fsp3) is 0.382. The lowest BCUT2D eigenvalue weighted by molar-refractivity contribution is -0.172. The van der Waals surface area contributed by atoms with Crippen molar-refractivity contribution < 1.29 is 36.7 Å². The lowest BCUT2D eigenvalue weighted by Gasteiger charge is -2.54. The van der Waals surface area contributed by atoms with Crippen LogP contribution in [-0.4, -0.2) is 63.9 Å². The molecule has 2 aliphatic heterocycles. The number of carbonyl (C=O) groups is 3. The van der Waals surface area contributed by atoms with Crippen LogP contribution in [0, 0.1) is 0 Å². The van der Waals surface area contributed by atoms with Gasteiger partial charge < -0.3 is 20.3 Å². The Morgan fingerprint density at radius 2 is 1.57 bits per heavy atom. The van der Waals surface area contributed by atoms with E-state index in [-0.39, 0.29) is 42.5 Å². The predicted molar refractivity (Wildman–Crippen MR) is 161 cm³/mol. The van der Waals surface area contributed by atoms with Crippen molar-refractivity contribution in [1.82, 2.24) is 14.7 Å². The van der Waals surface area contributed by atoms with E-state index in [9.17, 15) is 31.9 Å². The zero-order valence-corrected chi connectivity index (χ0v) is 25.2. The van der Waals surface area contributed by atoms with E-state index in [2.05, 4.69) is 0 Å². The third-order valence-corrected chi connectivity index (χ3v) is 8.37. The molecule has 3 aromatic rings. The third-order valence-electron chi connectivity index (χ3n) is 8.37. The Labute approximate surface area is 264 Å². The number of fused-ring (bicyclic) bond motifs is 1. The van der Waals surface area contributed by atoms with Crippen LogP contribution in [0.25, 0.3) is 0 Å². The van der Waals surface area contributed by atoms with Crippen LogP contribution in [0.3, 0.4) is 0 Å². The number of hydrogen-bond donors (Lipinski definition) is 1. The first-order valence-electron chi connectivity index (χ1n) is 15.2. The SMILES string of the molecule is NCCC[C@H]1C(=O)N(Cc2ccccc2)CC2N(C(=O)OCc3cc(CF)cc(C(F)(F)F)c3)C(Cc3ccccc3)CC(=O)N21. The van der Waals surface area contributed by atoms with Crippen molar-refractivity contribution in [3.8, 4) is 0 Å². The average Bonchev–Trinajstić information content (AvgIpc) is 3.04. The minimum Gasteiger partial charge on any atom is -0.444 e. The molecular weight excluding hydrogens is 604 g/mol. The normalized spacial score (nSPS) is 20.1. The number of carbonyl (C=O) groups excluding carboxylic acids is 3. The van der Waals surface area contributed by atoms with Crippen LogP contribution in [0.5, 0.6) is 0 Å². The van der Waals surface area contributed by atoms with Crippen molar-refractivity contribution in [2.75, 3.05) is 13.1 Å². The summed E-state index contributed by atoms with van der Waals surface area (Å²) in [5, 5.41) is 0. The fourth-order valence-electron chi connectivity index (χ4n) is 6.28. The van der Waals surface area contributed by atoms with Gasteiger partial charge in [0, 0.05) is 19.0 Å². The molecule has 3 amide bonds. The van der Waals surface area contributed by atoms with Gasteiger partial charge in [0.2, 0.25) is 11.8 Å². The van der Waals surface area contributed by atoms with Gasteiger partial charge >= 0.3 is 12.3 Å². The van der Waals surface area contributed by atoms with Gasteiger partial charge in [-0.1, -0.05) is 60.7 Å². The van der Waals surface area contributed by atoms with E-state index in [1.807, 2.05) is 60.7 Å². The van der Waals surface area contributed by atoms with E-state index >= 15 is 0 Å². The van der Waals surface area contributed by atoms with Crippen LogP contribution < -0.4 is 5.73 Å². The largest absolute Gasteiger partial charge is 0.444 e. The van der Waals surface area contributed by atoms with Crippen LogP contribution in [0.15, 0.2) is 78.9 Å². The van der Waals surface area contributed by atoms with Gasteiger partial charge in [0.1, 0.15) is 25.5 Å². The molecule has 0 radical (unpaired) electrons. The molecule has 8 nitrogen and oxygen atoms in total. The number of alkyl halides is 4. The number of nitrogens with zero attached hydrogens (tertiary/aromatic N) is 3. The summed E-state index contributed by atoms with van der Waals surface area (Å²) in [6, 6.07) is 19.9. The minimum absolute atomic E-state index is 0.00847. The number of amides is 3. The molecule has 2 heterocycles. The Kier molecular flexibility index (Phi) is 10.3. The summed E-state index contributed by atoms with van der Waals surface area (Å²) < 4.78 is 59.5. The summed E-state index contributed by atoms with van der Waals surface area (Å²) in [4.78, 5) is 46.1. The van der Waals surface area contributed by atoms with Crippen LogP contribution >= 0.6 is 0 Å². The van der Waals surface area contributed by atoms with E-state index in [1.54, 1.807) is 4.90 Å². The highest BCUT2D eigenvalue weighted by molar-refractivity contribution is 5.91. The summed E-state index contributed by atoms with van der Waals surface area (Å²) in [7, 11) is 0.